The van der Waals surface area contributed by atoms with Gasteiger partial charge in [-0.2, -0.15) is 0 Å². The molecule has 156 valence electrons. The predicted molar refractivity (Wildman–Crippen MR) is 122 cm³/mol. The number of rotatable bonds is 6. The van der Waals surface area contributed by atoms with Crippen LogP contribution in [0.2, 0.25) is 5.02 Å². The molecule has 0 bridgehead atoms. The van der Waals surface area contributed by atoms with Gasteiger partial charge in [-0.3, -0.25) is 9.52 Å². The van der Waals surface area contributed by atoms with Crippen LogP contribution in [-0.4, -0.2) is 14.3 Å². The summed E-state index contributed by atoms with van der Waals surface area (Å²) in [6, 6.07) is 18.6. The smallest absolute Gasteiger partial charge is 0.263 e. The second kappa shape index (κ2) is 8.90. The van der Waals surface area contributed by atoms with Gasteiger partial charge in [-0.15, -0.1) is 0 Å². The van der Waals surface area contributed by atoms with Gasteiger partial charge in [-0.05, 0) is 60.9 Å². The molecule has 3 aromatic carbocycles. The van der Waals surface area contributed by atoms with E-state index in [0.29, 0.717) is 17.3 Å². The number of aryl methyl sites for hydroxylation is 1. The lowest BCUT2D eigenvalue weighted by Crippen LogP contribution is -2.16. The molecular weight excluding hydrogens is 420 g/mol. The summed E-state index contributed by atoms with van der Waals surface area (Å²) in [5, 5.41) is 2.82. The molecule has 0 aromatic heterocycles. The monoisotopic (exact) mass is 442 g/mol. The van der Waals surface area contributed by atoms with E-state index in [4.69, 9.17) is 11.6 Å². The summed E-state index contributed by atoms with van der Waals surface area (Å²) in [4.78, 5) is 12.5. The van der Waals surface area contributed by atoms with Gasteiger partial charge in [-0.1, -0.05) is 55.3 Å². The molecule has 0 spiro atoms. The molecule has 1 amide bonds. The lowest BCUT2D eigenvalue weighted by Gasteiger charge is -2.12. The highest BCUT2D eigenvalue weighted by Gasteiger charge is 2.20. The van der Waals surface area contributed by atoms with Crippen LogP contribution < -0.4 is 10.0 Å². The Kier molecular flexibility index (Phi) is 6.48. The fourth-order valence-corrected chi connectivity index (χ4v) is 4.42. The van der Waals surface area contributed by atoms with E-state index in [9.17, 15) is 13.2 Å². The first-order valence-corrected chi connectivity index (χ1v) is 11.3. The summed E-state index contributed by atoms with van der Waals surface area (Å²) in [5.41, 5.74) is 3.40. The van der Waals surface area contributed by atoms with Gasteiger partial charge in [0, 0.05) is 16.9 Å². The van der Waals surface area contributed by atoms with Crippen molar-refractivity contribution in [2.75, 3.05) is 10.0 Å². The molecule has 0 radical (unpaired) electrons. The first kappa shape index (κ1) is 21.9. The van der Waals surface area contributed by atoms with E-state index in [1.165, 1.54) is 18.2 Å². The van der Waals surface area contributed by atoms with Crippen molar-refractivity contribution in [3.63, 3.8) is 0 Å². The average Bonchev–Trinajstić information content (AvgIpc) is 2.70. The molecule has 0 saturated carbocycles. The van der Waals surface area contributed by atoms with Gasteiger partial charge in [0.15, 0.2) is 0 Å². The summed E-state index contributed by atoms with van der Waals surface area (Å²) >= 11 is 6.13. The summed E-state index contributed by atoms with van der Waals surface area (Å²) in [5.74, 6) is -0.0319. The van der Waals surface area contributed by atoms with Gasteiger partial charge < -0.3 is 5.32 Å². The SMILES string of the molecule is Cc1ccc(NS(=O)(=O)c2cc(C(=O)Nc3ccc(C(C)C)cc3)ccc2Cl)cc1. The maximum Gasteiger partial charge on any atom is 0.263 e. The third-order valence-corrected chi connectivity index (χ3v) is 6.48. The summed E-state index contributed by atoms with van der Waals surface area (Å²) in [6.45, 7) is 6.09. The normalized spacial score (nSPS) is 11.4. The van der Waals surface area contributed by atoms with Crippen molar-refractivity contribution in [2.45, 2.75) is 31.6 Å². The highest BCUT2D eigenvalue weighted by Crippen LogP contribution is 2.26. The van der Waals surface area contributed by atoms with Crippen LogP contribution in [0, 0.1) is 6.92 Å². The van der Waals surface area contributed by atoms with Gasteiger partial charge in [-0.25, -0.2) is 8.42 Å². The number of hydrogen-bond donors (Lipinski definition) is 2. The van der Waals surface area contributed by atoms with Crippen LogP contribution in [0.25, 0.3) is 0 Å². The van der Waals surface area contributed by atoms with Gasteiger partial charge in [0.05, 0.1) is 5.02 Å². The van der Waals surface area contributed by atoms with Crippen LogP contribution in [0.15, 0.2) is 71.6 Å². The van der Waals surface area contributed by atoms with E-state index in [0.717, 1.165) is 11.1 Å². The Morgan fingerprint density at radius 3 is 2.10 bits per heavy atom. The number of sulfonamides is 1. The first-order valence-electron chi connectivity index (χ1n) is 9.46. The van der Waals surface area contributed by atoms with Gasteiger partial charge >= 0.3 is 0 Å². The minimum atomic E-state index is -3.96. The Morgan fingerprint density at radius 2 is 1.50 bits per heavy atom. The number of amides is 1. The summed E-state index contributed by atoms with van der Waals surface area (Å²) in [6.07, 6.45) is 0. The summed E-state index contributed by atoms with van der Waals surface area (Å²) in [7, 11) is -3.96. The number of carbonyl (C=O) groups excluding carboxylic acids is 1. The van der Waals surface area contributed by atoms with Crippen molar-refractivity contribution in [3.8, 4) is 0 Å². The fourth-order valence-electron chi connectivity index (χ4n) is 2.84. The average molecular weight is 443 g/mol. The molecule has 0 saturated heterocycles. The van der Waals surface area contributed by atoms with Crippen LogP contribution in [0.5, 0.6) is 0 Å². The van der Waals surface area contributed by atoms with Crippen molar-refractivity contribution >= 4 is 38.9 Å². The van der Waals surface area contributed by atoms with Gasteiger partial charge in [0.25, 0.3) is 15.9 Å². The third-order valence-electron chi connectivity index (χ3n) is 4.62. The van der Waals surface area contributed by atoms with Crippen molar-refractivity contribution in [1.29, 1.82) is 0 Å². The molecule has 0 unspecified atom stereocenters. The van der Waals surface area contributed by atoms with Crippen LogP contribution in [0.1, 0.15) is 41.3 Å². The molecule has 0 heterocycles. The van der Waals surface area contributed by atoms with E-state index in [-0.39, 0.29) is 15.5 Å². The van der Waals surface area contributed by atoms with E-state index < -0.39 is 15.9 Å². The Hall–Kier alpha value is -2.83. The zero-order valence-electron chi connectivity index (χ0n) is 16.9. The molecule has 2 N–H and O–H groups in total. The molecular formula is C23H23ClN2O3S. The van der Waals surface area contributed by atoms with Crippen molar-refractivity contribution in [2.24, 2.45) is 0 Å². The zero-order chi connectivity index (χ0) is 21.9. The lowest BCUT2D eigenvalue weighted by molar-refractivity contribution is 0.102. The maximum atomic E-state index is 12.8. The van der Waals surface area contributed by atoms with E-state index in [1.54, 1.807) is 24.3 Å². The quantitative estimate of drug-likeness (QED) is 0.504. The molecule has 7 heteroatoms. The van der Waals surface area contributed by atoms with Gasteiger partial charge in [0.1, 0.15) is 4.90 Å². The first-order chi connectivity index (χ1) is 14.2. The molecule has 0 aliphatic heterocycles. The fraction of sp³-hybridized carbons (Fsp3) is 0.174. The number of hydrogen-bond acceptors (Lipinski definition) is 3. The number of benzene rings is 3. The Bertz CT molecular complexity index is 1160. The van der Waals surface area contributed by atoms with E-state index >= 15 is 0 Å². The zero-order valence-corrected chi connectivity index (χ0v) is 18.5. The molecule has 3 aromatic rings. The topological polar surface area (TPSA) is 75.3 Å². The maximum absolute atomic E-state index is 12.8. The highest BCUT2D eigenvalue weighted by atomic mass is 35.5. The van der Waals surface area contributed by atoms with E-state index in [2.05, 4.69) is 23.9 Å². The lowest BCUT2D eigenvalue weighted by atomic mass is 10.0. The van der Waals surface area contributed by atoms with Crippen molar-refractivity contribution < 1.29 is 13.2 Å². The molecule has 0 atom stereocenters. The van der Waals surface area contributed by atoms with Crippen LogP contribution in [0.4, 0.5) is 11.4 Å². The molecule has 0 aliphatic rings. The number of nitrogens with one attached hydrogen (secondary N) is 2. The number of carbonyl (C=O) groups is 1. The molecule has 5 nitrogen and oxygen atoms in total. The Labute approximate surface area is 182 Å². The van der Waals surface area contributed by atoms with Crippen LogP contribution in [-0.2, 0) is 10.0 Å². The third kappa shape index (κ3) is 5.20. The standard InChI is InChI=1S/C23H23ClN2O3S/c1-15(2)17-6-11-19(12-7-17)25-23(27)18-8-13-21(24)22(14-18)30(28,29)26-20-9-4-16(3)5-10-20/h4-15,26H,1-3H3,(H,25,27). The van der Waals surface area contributed by atoms with Crippen LogP contribution in [0.3, 0.4) is 0 Å². The van der Waals surface area contributed by atoms with E-state index in [1.807, 2.05) is 31.2 Å². The van der Waals surface area contributed by atoms with Crippen LogP contribution >= 0.6 is 11.6 Å². The molecule has 3 rings (SSSR count). The minimum absolute atomic E-state index is 0.0347. The highest BCUT2D eigenvalue weighted by molar-refractivity contribution is 7.92. The number of halogens is 1. The molecule has 0 fully saturated rings. The number of anilines is 2. The largest absolute Gasteiger partial charge is 0.322 e. The Morgan fingerprint density at radius 1 is 0.900 bits per heavy atom. The second-order valence-corrected chi connectivity index (χ2v) is 9.41. The van der Waals surface area contributed by atoms with Gasteiger partial charge in [0.2, 0.25) is 0 Å². The summed E-state index contributed by atoms with van der Waals surface area (Å²) < 4.78 is 28.1. The minimum Gasteiger partial charge on any atom is -0.322 e. The molecule has 30 heavy (non-hydrogen) atoms. The van der Waals surface area contributed by atoms with Crippen molar-refractivity contribution in [3.05, 3.63) is 88.4 Å². The second-order valence-electron chi connectivity index (χ2n) is 7.35. The van der Waals surface area contributed by atoms with Crippen molar-refractivity contribution in [1.82, 2.24) is 0 Å². The Balaban J connectivity index is 1.83. The predicted octanol–water partition coefficient (Wildman–Crippen LogP) is 5.82. The molecule has 0 aliphatic carbocycles.